The smallest absolute Gasteiger partial charge is 0.416 e. The number of hydrogen-bond donors (Lipinski definition) is 0. The average Bonchev–Trinajstić information content (AvgIpc) is 3.35. The Morgan fingerprint density at radius 3 is 1.91 bits per heavy atom. The average molecular weight is 470 g/mol. The van der Waals surface area contributed by atoms with Gasteiger partial charge in [0, 0.05) is 22.3 Å². The fourth-order valence-electron chi connectivity index (χ4n) is 3.86. The summed E-state index contributed by atoms with van der Waals surface area (Å²) in [5.41, 5.74) is 5.66. The van der Waals surface area contributed by atoms with Crippen molar-refractivity contribution < 1.29 is 17.6 Å². The topological polar surface area (TPSA) is 38.9 Å². The van der Waals surface area contributed by atoms with Crippen LogP contribution in [0, 0.1) is 13.8 Å². The second-order valence-electron chi connectivity index (χ2n) is 8.47. The Balaban J connectivity index is 1.62. The molecule has 5 aromatic rings. The molecule has 0 bridgehead atoms. The zero-order valence-electron chi connectivity index (χ0n) is 19.1. The molecule has 0 N–H and O–H groups in total. The zero-order chi connectivity index (χ0) is 24.6. The lowest BCUT2D eigenvalue weighted by atomic mass is 10.0. The summed E-state index contributed by atoms with van der Waals surface area (Å²) in [6, 6.07) is 26.3. The molecule has 0 spiro atoms. The highest BCUT2D eigenvalue weighted by Crippen LogP contribution is 2.37. The van der Waals surface area contributed by atoms with Gasteiger partial charge >= 0.3 is 6.18 Å². The van der Waals surface area contributed by atoms with E-state index in [0.717, 1.165) is 34.4 Å². The quantitative estimate of drug-likeness (QED) is 0.265. The number of aromatic nitrogens is 2. The first-order valence-electron chi connectivity index (χ1n) is 11.1. The van der Waals surface area contributed by atoms with Crippen molar-refractivity contribution in [2.24, 2.45) is 0 Å². The van der Waals surface area contributed by atoms with Gasteiger partial charge in [-0.1, -0.05) is 71.8 Å². The van der Waals surface area contributed by atoms with E-state index in [9.17, 15) is 13.2 Å². The highest BCUT2D eigenvalue weighted by molar-refractivity contribution is 5.81. The largest absolute Gasteiger partial charge is 0.456 e. The van der Waals surface area contributed by atoms with Crippen LogP contribution in [0.4, 0.5) is 13.2 Å². The van der Waals surface area contributed by atoms with Gasteiger partial charge in [0.25, 0.3) is 0 Å². The van der Waals surface area contributed by atoms with E-state index in [-0.39, 0.29) is 0 Å². The summed E-state index contributed by atoms with van der Waals surface area (Å²) in [6.07, 6.45) is -4.43. The number of benzene rings is 3. The van der Waals surface area contributed by atoms with Crippen LogP contribution in [0.15, 0.2) is 95.4 Å². The number of furan rings is 1. The summed E-state index contributed by atoms with van der Waals surface area (Å²) in [6.45, 7) is 4.02. The maximum absolute atomic E-state index is 13.2. The molecule has 0 fully saturated rings. The van der Waals surface area contributed by atoms with Gasteiger partial charge in [-0.25, -0.2) is 0 Å². The molecule has 0 aliphatic carbocycles. The molecule has 0 saturated carbocycles. The Morgan fingerprint density at radius 2 is 1.26 bits per heavy atom. The van der Waals surface area contributed by atoms with Gasteiger partial charge < -0.3 is 4.42 Å². The van der Waals surface area contributed by atoms with E-state index in [2.05, 4.69) is 10.2 Å². The minimum atomic E-state index is -4.43. The van der Waals surface area contributed by atoms with Crippen LogP contribution >= 0.6 is 0 Å². The Morgan fingerprint density at radius 1 is 0.629 bits per heavy atom. The normalized spacial score (nSPS) is 11.6. The molecular formula is C29H21F3N2O. The maximum Gasteiger partial charge on any atom is 0.416 e. The lowest BCUT2D eigenvalue weighted by Crippen LogP contribution is -2.04. The number of aryl methyl sites for hydroxylation is 2. The van der Waals surface area contributed by atoms with Crippen LogP contribution < -0.4 is 0 Å². The molecule has 0 aliphatic heterocycles. The Bertz CT molecular complexity index is 1480. The van der Waals surface area contributed by atoms with E-state index >= 15 is 0 Å². The molecule has 0 radical (unpaired) electrons. The van der Waals surface area contributed by atoms with Crippen LogP contribution in [0.5, 0.6) is 0 Å². The lowest BCUT2D eigenvalue weighted by Gasteiger charge is -2.10. The number of alkyl halides is 3. The van der Waals surface area contributed by atoms with Crippen LogP contribution in [0.25, 0.3) is 45.2 Å². The summed E-state index contributed by atoms with van der Waals surface area (Å²) in [5.74, 6) is 0.839. The number of hydrogen-bond acceptors (Lipinski definition) is 3. The van der Waals surface area contributed by atoms with Crippen molar-refractivity contribution in [3.8, 4) is 45.2 Å². The maximum atomic E-state index is 13.2. The summed E-state index contributed by atoms with van der Waals surface area (Å²) in [7, 11) is 0. The van der Waals surface area contributed by atoms with E-state index < -0.39 is 11.7 Å². The Labute approximate surface area is 200 Å². The number of halogens is 3. The molecule has 0 aliphatic rings. The molecule has 0 saturated heterocycles. The van der Waals surface area contributed by atoms with E-state index in [1.165, 1.54) is 6.07 Å². The molecule has 6 heteroatoms. The van der Waals surface area contributed by atoms with Crippen LogP contribution in [-0.4, -0.2) is 10.2 Å². The SMILES string of the molecule is Cc1ccc(-c2cc(-c3ccc(-c4cccc(C(F)(F)F)c4)o3)c(-c3ccc(C)cc3)nn2)cc1. The first-order chi connectivity index (χ1) is 16.8. The molecule has 3 nitrogen and oxygen atoms in total. The van der Waals surface area contributed by atoms with Crippen LogP contribution in [0.3, 0.4) is 0 Å². The lowest BCUT2D eigenvalue weighted by molar-refractivity contribution is -0.137. The first-order valence-corrected chi connectivity index (χ1v) is 11.1. The van der Waals surface area contributed by atoms with Crippen molar-refractivity contribution in [1.82, 2.24) is 10.2 Å². The summed E-state index contributed by atoms with van der Waals surface area (Å²) in [5, 5.41) is 8.97. The predicted octanol–water partition coefficient (Wildman–Crippen LogP) is 8.37. The monoisotopic (exact) mass is 470 g/mol. The predicted molar refractivity (Wildman–Crippen MR) is 131 cm³/mol. The molecule has 0 unspecified atom stereocenters. The van der Waals surface area contributed by atoms with Crippen LogP contribution in [0.1, 0.15) is 16.7 Å². The third-order valence-corrected chi connectivity index (χ3v) is 5.81. The number of rotatable bonds is 4. The van der Waals surface area contributed by atoms with Crippen LogP contribution in [-0.2, 0) is 6.18 Å². The summed E-state index contributed by atoms with van der Waals surface area (Å²) < 4.78 is 45.7. The van der Waals surface area contributed by atoms with Crippen molar-refractivity contribution in [1.29, 1.82) is 0 Å². The molecule has 5 rings (SSSR count). The highest BCUT2D eigenvalue weighted by atomic mass is 19.4. The fourth-order valence-corrected chi connectivity index (χ4v) is 3.86. The van der Waals surface area contributed by atoms with Crippen LogP contribution in [0.2, 0.25) is 0 Å². The Hall–Kier alpha value is -4.19. The van der Waals surface area contributed by atoms with Gasteiger partial charge in [-0.2, -0.15) is 13.2 Å². The molecule has 174 valence electrons. The standard InChI is InChI=1S/C29H21F3N2O/c1-18-6-10-20(11-7-18)25-17-24(28(34-33-25)21-12-8-19(2)9-13-21)27-15-14-26(35-27)22-4-3-5-23(16-22)29(30,31)32/h3-17H,1-2H3. The minimum absolute atomic E-state index is 0.342. The van der Waals surface area contributed by atoms with Crippen molar-refractivity contribution in [2.45, 2.75) is 20.0 Å². The van der Waals surface area contributed by atoms with Gasteiger partial charge in [0.1, 0.15) is 17.2 Å². The van der Waals surface area contributed by atoms with Gasteiger partial charge in [0.2, 0.25) is 0 Å². The van der Waals surface area contributed by atoms with Gasteiger partial charge in [-0.3, -0.25) is 0 Å². The van der Waals surface area contributed by atoms with E-state index in [1.54, 1.807) is 18.2 Å². The molecule has 35 heavy (non-hydrogen) atoms. The molecule has 2 heterocycles. The molecule has 0 atom stereocenters. The third kappa shape index (κ3) is 4.73. The second-order valence-corrected chi connectivity index (χ2v) is 8.47. The van der Waals surface area contributed by atoms with Gasteiger partial charge in [0.15, 0.2) is 0 Å². The molecular weight excluding hydrogens is 449 g/mol. The van der Waals surface area contributed by atoms with Crippen molar-refractivity contribution in [3.63, 3.8) is 0 Å². The van der Waals surface area contributed by atoms with E-state index in [1.807, 2.05) is 68.4 Å². The van der Waals surface area contributed by atoms with Gasteiger partial charge in [-0.15, -0.1) is 10.2 Å². The summed E-state index contributed by atoms with van der Waals surface area (Å²) >= 11 is 0. The third-order valence-electron chi connectivity index (χ3n) is 5.81. The van der Waals surface area contributed by atoms with Crippen molar-refractivity contribution >= 4 is 0 Å². The molecule has 0 amide bonds. The first kappa shape index (κ1) is 22.6. The summed E-state index contributed by atoms with van der Waals surface area (Å²) in [4.78, 5) is 0. The van der Waals surface area contributed by atoms with Gasteiger partial charge in [0.05, 0.1) is 11.3 Å². The van der Waals surface area contributed by atoms with Crippen molar-refractivity contribution in [3.05, 3.63) is 108 Å². The zero-order valence-corrected chi connectivity index (χ0v) is 19.1. The second kappa shape index (κ2) is 8.87. The fraction of sp³-hybridized carbons (Fsp3) is 0.103. The minimum Gasteiger partial charge on any atom is -0.456 e. The van der Waals surface area contributed by atoms with Crippen molar-refractivity contribution in [2.75, 3.05) is 0 Å². The van der Waals surface area contributed by atoms with Gasteiger partial charge in [-0.05, 0) is 44.2 Å². The highest BCUT2D eigenvalue weighted by Gasteiger charge is 2.30. The molecule has 2 aromatic heterocycles. The van der Waals surface area contributed by atoms with E-state index in [0.29, 0.717) is 34.0 Å². The number of nitrogens with zero attached hydrogens (tertiary/aromatic N) is 2. The molecule has 3 aromatic carbocycles. The Kier molecular flexibility index (Phi) is 5.73. The van der Waals surface area contributed by atoms with E-state index in [4.69, 9.17) is 4.42 Å².